The largest absolute Gasteiger partial charge is 0.462 e. The van der Waals surface area contributed by atoms with Crippen molar-refractivity contribution in [2.75, 3.05) is 0 Å². The molecule has 2 saturated carbocycles. The number of esters is 1. The topological polar surface area (TPSA) is 26.3 Å². The standard InChI is InChI=1S/C9H12O2/c10-9-4-6-1-5-2-7(6)8(3-5)11-9/h5-8H,1-4H2/t5-,6-,7+,8+/m1/s1. The fourth-order valence-electron chi connectivity index (χ4n) is 3.23. The maximum Gasteiger partial charge on any atom is 0.306 e. The first-order valence-corrected chi connectivity index (χ1v) is 4.52. The molecule has 0 radical (unpaired) electrons. The molecule has 0 aromatic heterocycles. The van der Waals surface area contributed by atoms with E-state index in [4.69, 9.17) is 4.74 Å². The molecule has 2 aliphatic carbocycles. The van der Waals surface area contributed by atoms with Crippen LogP contribution in [0.3, 0.4) is 0 Å². The van der Waals surface area contributed by atoms with Crippen molar-refractivity contribution < 1.29 is 9.53 Å². The predicted molar refractivity (Wildman–Crippen MR) is 38.8 cm³/mol. The van der Waals surface area contributed by atoms with E-state index in [1.54, 1.807) is 0 Å². The summed E-state index contributed by atoms with van der Waals surface area (Å²) < 4.78 is 5.27. The predicted octanol–water partition coefficient (Wildman–Crippen LogP) is 1.35. The van der Waals surface area contributed by atoms with Crippen molar-refractivity contribution in [3.05, 3.63) is 0 Å². The smallest absolute Gasteiger partial charge is 0.306 e. The minimum Gasteiger partial charge on any atom is -0.462 e. The summed E-state index contributed by atoms with van der Waals surface area (Å²) in [5, 5.41) is 0. The van der Waals surface area contributed by atoms with Crippen LogP contribution in [0.15, 0.2) is 0 Å². The molecule has 0 unspecified atom stereocenters. The molecule has 60 valence electrons. The number of hydrogen-bond donors (Lipinski definition) is 0. The SMILES string of the molecule is O=C1C[C@H]2C[C@@H]3C[C@@H]2[C@H](C3)O1. The van der Waals surface area contributed by atoms with E-state index < -0.39 is 0 Å². The summed E-state index contributed by atoms with van der Waals surface area (Å²) in [5.74, 6) is 2.39. The lowest BCUT2D eigenvalue weighted by Gasteiger charge is -2.33. The molecular weight excluding hydrogens is 140 g/mol. The van der Waals surface area contributed by atoms with Gasteiger partial charge in [-0.1, -0.05) is 0 Å². The van der Waals surface area contributed by atoms with E-state index in [1.165, 1.54) is 12.8 Å². The molecule has 3 rings (SSSR count). The number of hydrogen-bond acceptors (Lipinski definition) is 2. The minimum atomic E-state index is 0.0524. The van der Waals surface area contributed by atoms with Crippen LogP contribution in [0.4, 0.5) is 0 Å². The fraction of sp³-hybridized carbons (Fsp3) is 0.889. The van der Waals surface area contributed by atoms with Crippen LogP contribution in [0.25, 0.3) is 0 Å². The van der Waals surface area contributed by atoms with E-state index in [0.29, 0.717) is 18.4 Å². The van der Waals surface area contributed by atoms with Crippen molar-refractivity contribution in [1.82, 2.24) is 0 Å². The van der Waals surface area contributed by atoms with Crippen molar-refractivity contribution in [3.63, 3.8) is 0 Å². The number of carbonyl (C=O) groups excluding carboxylic acids is 1. The summed E-state index contributed by atoms with van der Waals surface area (Å²) in [4.78, 5) is 11.0. The van der Waals surface area contributed by atoms with Gasteiger partial charge in [0.2, 0.25) is 0 Å². The van der Waals surface area contributed by atoms with E-state index >= 15 is 0 Å². The van der Waals surface area contributed by atoms with Crippen LogP contribution < -0.4 is 0 Å². The Morgan fingerprint density at radius 3 is 2.91 bits per heavy atom. The molecule has 0 amide bonds. The second kappa shape index (κ2) is 1.79. The maximum atomic E-state index is 11.0. The molecule has 0 aromatic rings. The lowest BCUT2D eigenvalue weighted by molar-refractivity contribution is -0.162. The van der Waals surface area contributed by atoms with Crippen molar-refractivity contribution in [2.45, 2.75) is 31.8 Å². The zero-order valence-electron chi connectivity index (χ0n) is 6.45. The Labute approximate surface area is 65.9 Å². The van der Waals surface area contributed by atoms with E-state index in [2.05, 4.69) is 0 Å². The molecule has 4 atom stereocenters. The zero-order chi connectivity index (χ0) is 7.42. The summed E-state index contributed by atoms with van der Waals surface area (Å²) in [6, 6.07) is 0. The third-order valence-corrected chi connectivity index (χ3v) is 3.60. The van der Waals surface area contributed by atoms with Crippen LogP contribution in [0.1, 0.15) is 25.7 Å². The van der Waals surface area contributed by atoms with Gasteiger partial charge in [-0.2, -0.15) is 0 Å². The minimum absolute atomic E-state index is 0.0524. The van der Waals surface area contributed by atoms with Gasteiger partial charge in [-0.15, -0.1) is 0 Å². The zero-order valence-corrected chi connectivity index (χ0v) is 6.45. The lowest BCUT2D eigenvalue weighted by atomic mass is 9.82. The average Bonchev–Trinajstić information content (AvgIpc) is 2.41. The first-order valence-electron chi connectivity index (χ1n) is 4.52. The lowest BCUT2D eigenvalue weighted by Crippen LogP contribution is -2.36. The number of ether oxygens (including phenoxy) is 1. The van der Waals surface area contributed by atoms with Crippen LogP contribution >= 0.6 is 0 Å². The Morgan fingerprint density at radius 2 is 2.18 bits per heavy atom. The summed E-state index contributed by atoms with van der Waals surface area (Å²) in [6.07, 6.45) is 4.82. The van der Waals surface area contributed by atoms with Crippen LogP contribution in [0.5, 0.6) is 0 Å². The van der Waals surface area contributed by atoms with Gasteiger partial charge in [-0.05, 0) is 37.0 Å². The number of fused-ring (bicyclic) bond motifs is 1. The summed E-state index contributed by atoms with van der Waals surface area (Å²) in [7, 11) is 0. The van der Waals surface area contributed by atoms with E-state index in [1.807, 2.05) is 0 Å². The van der Waals surface area contributed by atoms with Gasteiger partial charge in [-0.3, -0.25) is 4.79 Å². The van der Waals surface area contributed by atoms with Gasteiger partial charge in [0.1, 0.15) is 6.10 Å². The Morgan fingerprint density at radius 1 is 1.27 bits per heavy atom. The van der Waals surface area contributed by atoms with E-state index in [-0.39, 0.29) is 5.97 Å². The quantitative estimate of drug-likeness (QED) is 0.490. The molecule has 2 heteroatoms. The average molecular weight is 152 g/mol. The molecule has 11 heavy (non-hydrogen) atoms. The monoisotopic (exact) mass is 152 g/mol. The summed E-state index contributed by atoms with van der Waals surface area (Å²) in [6.45, 7) is 0. The first-order chi connectivity index (χ1) is 5.33. The van der Waals surface area contributed by atoms with Crippen molar-refractivity contribution in [3.8, 4) is 0 Å². The highest BCUT2D eigenvalue weighted by molar-refractivity contribution is 5.71. The molecule has 0 aromatic carbocycles. The molecule has 3 aliphatic rings. The van der Waals surface area contributed by atoms with Crippen LogP contribution in [-0.4, -0.2) is 12.1 Å². The highest BCUT2D eigenvalue weighted by Crippen LogP contribution is 2.53. The van der Waals surface area contributed by atoms with Gasteiger partial charge >= 0.3 is 5.97 Å². The van der Waals surface area contributed by atoms with Gasteiger partial charge in [0.05, 0.1) is 0 Å². The second-order valence-electron chi connectivity index (χ2n) is 4.23. The molecule has 1 aliphatic heterocycles. The van der Waals surface area contributed by atoms with Gasteiger partial charge in [0.25, 0.3) is 0 Å². The van der Waals surface area contributed by atoms with Crippen LogP contribution in [-0.2, 0) is 9.53 Å². The summed E-state index contributed by atoms with van der Waals surface area (Å²) >= 11 is 0. The first kappa shape index (κ1) is 6.04. The van der Waals surface area contributed by atoms with Gasteiger partial charge in [-0.25, -0.2) is 0 Å². The van der Waals surface area contributed by atoms with Gasteiger partial charge < -0.3 is 4.74 Å². The van der Waals surface area contributed by atoms with Gasteiger partial charge in [0.15, 0.2) is 0 Å². The highest BCUT2D eigenvalue weighted by Gasteiger charge is 2.51. The number of carbonyl (C=O) groups is 1. The van der Waals surface area contributed by atoms with E-state index in [9.17, 15) is 4.79 Å². The molecule has 2 bridgehead atoms. The van der Waals surface area contributed by atoms with Crippen LogP contribution in [0, 0.1) is 17.8 Å². The highest BCUT2D eigenvalue weighted by atomic mass is 16.5. The molecular formula is C9H12O2. The van der Waals surface area contributed by atoms with Crippen molar-refractivity contribution in [1.29, 1.82) is 0 Å². The Balaban J connectivity index is 1.92. The number of rotatable bonds is 0. The van der Waals surface area contributed by atoms with Gasteiger partial charge in [0, 0.05) is 6.42 Å². The Bertz CT molecular complexity index is 194. The van der Waals surface area contributed by atoms with Crippen molar-refractivity contribution >= 4 is 5.97 Å². The fourth-order valence-corrected chi connectivity index (χ4v) is 3.23. The molecule has 2 nitrogen and oxygen atoms in total. The van der Waals surface area contributed by atoms with Crippen LogP contribution in [0.2, 0.25) is 0 Å². The normalized spacial score (nSPS) is 52.9. The maximum absolute atomic E-state index is 11.0. The van der Waals surface area contributed by atoms with Crippen molar-refractivity contribution in [2.24, 2.45) is 17.8 Å². The van der Waals surface area contributed by atoms with E-state index in [0.717, 1.165) is 18.3 Å². The molecule has 0 N–H and O–H groups in total. The Hall–Kier alpha value is -0.530. The third-order valence-electron chi connectivity index (χ3n) is 3.60. The molecule has 1 saturated heterocycles. The summed E-state index contributed by atoms with van der Waals surface area (Å²) in [5.41, 5.74) is 0. The molecule has 1 heterocycles. The second-order valence-corrected chi connectivity index (χ2v) is 4.23. The molecule has 3 fully saturated rings. The third kappa shape index (κ3) is 0.700. The Kier molecular flexibility index (Phi) is 0.984. The molecule has 0 spiro atoms.